The van der Waals surface area contributed by atoms with Crippen molar-refractivity contribution in [3.63, 3.8) is 0 Å². The number of hydrogen-bond acceptors (Lipinski definition) is 6. The van der Waals surface area contributed by atoms with Gasteiger partial charge in [-0.25, -0.2) is 9.59 Å². The number of carboxylic acid groups (broad SMARTS) is 1. The van der Waals surface area contributed by atoms with E-state index in [9.17, 15) is 19.5 Å². The van der Waals surface area contributed by atoms with E-state index in [1.165, 1.54) is 17.1 Å². The van der Waals surface area contributed by atoms with Crippen LogP contribution in [-0.4, -0.2) is 51.6 Å². The van der Waals surface area contributed by atoms with E-state index < -0.39 is 36.2 Å². The number of aryl methyl sites for hydroxylation is 1. The Kier molecular flexibility index (Phi) is 8.63. The standard InChI is InChI=1S/C32H32N4O6/c1-20(41-18-21-10-4-3-5-11-21)28(30(37)34-29(31(38)39)22-16-33-36(2)17-22)35-32(40)42-19-27-25-14-8-6-12-23(25)24-13-7-9-15-26(24)27/h3-17,20,27-29H,18-19H2,1-2H3,(H,34,37)(H,35,40)(H,38,39). The fourth-order valence-corrected chi connectivity index (χ4v) is 5.17. The van der Waals surface area contributed by atoms with E-state index in [0.29, 0.717) is 0 Å². The third-order valence-electron chi connectivity index (χ3n) is 7.32. The van der Waals surface area contributed by atoms with Gasteiger partial charge in [-0.2, -0.15) is 5.10 Å². The van der Waals surface area contributed by atoms with Crippen molar-refractivity contribution in [1.29, 1.82) is 0 Å². The topological polar surface area (TPSA) is 132 Å². The molecule has 3 N–H and O–H groups in total. The molecule has 10 heteroatoms. The lowest BCUT2D eigenvalue weighted by atomic mass is 9.98. The summed E-state index contributed by atoms with van der Waals surface area (Å²) in [7, 11) is 1.64. The molecule has 3 aromatic carbocycles. The highest BCUT2D eigenvalue weighted by atomic mass is 16.5. The van der Waals surface area contributed by atoms with Gasteiger partial charge in [0.1, 0.15) is 12.6 Å². The molecule has 3 atom stereocenters. The third-order valence-corrected chi connectivity index (χ3v) is 7.32. The Labute approximate surface area is 243 Å². The van der Waals surface area contributed by atoms with E-state index in [0.717, 1.165) is 27.8 Å². The molecule has 216 valence electrons. The molecule has 0 saturated heterocycles. The number of nitrogens with zero attached hydrogens (tertiary/aromatic N) is 2. The van der Waals surface area contributed by atoms with Gasteiger partial charge in [-0.05, 0) is 34.7 Å². The number of rotatable bonds is 11. The predicted molar refractivity (Wildman–Crippen MR) is 154 cm³/mol. The average Bonchev–Trinajstić information content (AvgIpc) is 3.57. The van der Waals surface area contributed by atoms with E-state index in [1.807, 2.05) is 78.9 Å². The van der Waals surface area contributed by atoms with Crippen LogP contribution in [0.15, 0.2) is 91.3 Å². The fourth-order valence-electron chi connectivity index (χ4n) is 5.17. The molecule has 0 radical (unpaired) electrons. The van der Waals surface area contributed by atoms with Crippen LogP contribution in [0.5, 0.6) is 0 Å². The van der Waals surface area contributed by atoms with Crippen LogP contribution >= 0.6 is 0 Å². The van der Waals surface area contributed by atoms with Crippen molar-refractivity contribution in [2.75, 3.05) is 6.61 Å². The lowest BCUT2D eigenvalue weighted by Crippen LogP contribution is -2.54. The van der Waals surface area contributed by atoms with Gasteiger partial charge in [0.15, 0.2) is 6.04 Å². The summed E-state index contributed by atoms with van der Waals surface area (Å²) < 4.78 is 13.0. The Morgan fingerprint density at radius 3 is 2.14 bits per heavy atom. The van der Waals surface area contributed by atoms with Gasteiger partial charge < -0.3 is 25.2 Å². The van der Waals surface area contributed by atoms with E-state index >= 15 is 0 Å². The first-order chi connectivity index (χ1) is 20.3. The molecule has 0 aliphatic heterocycles. The molecule has 0 bridgehead atoms. The van der Waals surface area contributed by atoms with Crippen molar-refractivity contribution in [2.24, 2.45) is 7.05 Å². The van der Waals surface area contributed by atoms with E-state index in [4.69, 9.17) is 9.47 Å². The molecule has 1 aliphatic carbocycles. The normalized spacial score (nSPS) is 14.2. The van der Waals surface area contributed by atoms with E-state index in [1.54, 1.807) is 14.0 Å². The number of carbonyl (C=O) groups is 3. The quantitative estimate of drug-likeness (QED) is 0.247. The summed E-state index contributed by atoms with van der Waals surface area (Å²) in [6.07, 6.45) is 1.22. The maximum Gasteiger partial charge on any atom is 0.407 e. The number of benzene rings is 3. The Morgan fingerprint density at radius 2 is 1.55 bits per heavy atom. The minimum Gasteiger partial charge on any atom is -0.479 e. The third kappa shape index (κ3) is 6.34. The van der Waals surface area contributed by atoms with Crippen LogP contribution in [0, 0.1) is 0 Å². The molecule has 0 fully saturated rings. The van der Waals surface area contributed by atoms with Crippen LogP contribution in [0.2, 0.25) is 0 Å². The molecule has 10 nitrogen and oxygen atoms in total. The first-order valence-corrected chi connectivity index (χ1v) is 13.6. The highest BCUT2D eigenvalue weighted by Gasteiger charge is 2.34. The van der Waals surface area contributed by atoms with Crippen LogP contribution in [0.1, 0.15) is 41.1 Å². The highest BCUT2D eigenvalue weighted by molar-refractivity contribution is 5.90. The number of ether oxygens (including phenoxy) is 2. The molecule has 2 amide bonds. The average molecular weight is 569 g/mol. The largest absolute Gasteiger partial charge is 0.479 e. The summed E-state index contributed by atoms with van der Waals surface area (Å²) in [5.74, 6) is -2.17. The molecule has 0 saturated carbocycles. The molecule has 1 aromatic heterocycles. The number of hydrogen-bond donors (Lipinski definition) is 3. The maximum absolute atomic E-state index is 13.5. The van der Waals surface area contributed by atoms with Crippen molar-refractivity contribution >= 4 is 18.0 Å². The zero-order valence-electron chi connectivity index (χ0n) is 23.3. The van der Waals surface area contributed by atoms with Crippen LogP contribution in [0.3, 0.4) is 0 Å². The molecule has 0 spiro atoms. The summed E-state index contributed by atoms with van der Waals surface area (Å²) in [5, 5.41) is 18.9. The number of alkyl carbamates (subject to hydrolysis) is 1. The van der Waals surface area contributed by atoms with Crippen LogP contribution in [-0.2, 0) is 32.7 Å². The molecule has 1 aliphatic rings. The first-order valence-electron chi connectivity index (χ1n) is 13.6. The molecule has 42 heavy (non-hydrogen) atoms. The van der Waals surface area contributed by atoms with Gasteiger partial charge in [0.25, 0.3) is 0 Å². The molecule has 4 aromatic rings. The minimum absolute atomic E-state index is 0.0564. The van der Waals surface area contributed by atoms with Crippen molar-refractivity contribution in [2.45, 2.75) is 37.6 Å². The van der Waals surface area contributed by atoms with Crippen molar-refractivity contribution in [3.05, 3.63) is 114 Å². The summed E-state index contributed by atoms with van der Waals surface area (Å²) in [5.41, 5.74) is 5.47. The lowest BCUT2D eigenvalue weighted by molar-refractivity contribution is -0.143. The molecule has 5 rings (SSSR count). The highest BCUT2D eigenvalue weighted by Crippen LogP contribution is 2.44. The van der Waals surface area contributed by atoms with Gasteiger partial charge in [-0.1, -0.05) is 78.9 Å². The van der Waals surface area contributed by atoms with Crippen LogP contribution < -0.4 is 10.6 Å². The molecule has 3 unspecified atom stereocenters. The van der Waals surface area contributed by atoms with Crippen molar-refractivity contribution < 1.29 is 29.0 Å². The van der Waals surface area contributed by atoms with Crippen LogP contribution in [0.4, 0.5) is 4.79 Å². The number of carboxylic acids is 1. The lowest BCUT2D eigenvalue weighted by Gasteiger charge is -2.26. The van der Waals surface area contributed by atoms with Crippen LogP contribution in [0.25, 0.3) is 11.1 Å². The number of amides is 2. The zero-order valence-corrected chi connectivity index (χ0v) is 23.3. The second-order valence-corrected chi connectivity index (χ2v) is 10.2. The second-order valence-electron chi connectivity index (χ2n) is 10.2. The zero-order chi connectivity index (χ0) is 29.6. The number of nitrogens with one attached hydrogen (secondary N) is 2. The SMILES string of the molecule is CC(OCc1ccccc1)C(NC(=O)OCC1c2ccccc2-c2ccccc21)C(=O)NC(C(=O)O)c1cnn(C)c1. The smallest absolute Gasteiger partial charge is 0.407 e. The van der Waals surface area contributed by atoms with Gasteiger partial charge in [-0.3, -0.25) is 9.48 Å². The number of fused-ring (bicyclic) bond motifs is 3. The van der Waals surface area contributed by atoms with Gasteiger partial charge in [0, 0.05) is 24.7 Å². The Hall–Kier alpha value is -4.96. The molecular formula is C32H32N4O6. The fraction of sp³-hybridized carbons (Fsp3) is 0.250. The van der Waals surface area contributed by atoms with E-state index in [2.05, 4.69) is 15.7 Å². The Bertz CT molecular complexity index is 1520. The van der Waals surface area contributed by atoms with Gasteiger partial charge in [0.2, 0.25) is 5.91 Å². The predicted octanol–water partition coefficient (Wildman–Crippen LogP) is 4.17. The van der Waals surface area contributed by atoms with Crippen molar-refractivity contribution in [3.8, 4) is 11.1 Å². The van der Waals surface area contributed by atoms with E-state index in [-0.39, 0.29) is 24.7 Å². The second kappa shape index (κ2) is 12.7. The van der Waals surface area contributed by atoms with Gasteiger partial charge in [0.05, 0.1) is 18.9 Å². The van der Waals surface area contributed by atoms with Gasteiger partial charge >= 0.3 is 12.1 Å². The first kappa shape index (κ1) is 28.6. The Balaban J connectivity index is 1.30. The Morgan fingerprint density at radius 1 is 0.929 bits per heavy atom. The minimum atomic E-state index is -1.38. The summed E-state index contributed by atoms with van der Waals surface area (Å²) in [4.78, 5) is 38.6. The molecular weight excluding hydrogens is 536 g/mol. The number of aliphatic carboxylic acids is 1. The summed E-state index contributed by atoms with van der Waals surface area (Å²) in [6.45, 7) is 1.88. The van der Waals surface area contributed by atoms with Crippen molar-refractivity contribution in [1.82, 2.24) is 20.4 Å². The maximum atomic E-state index is 13.5. The summed E-state index contributed by atoms with van der Waals surface area (Å²) in [6, 6.07) is 22.7. The van der Waals surface area contributed by atoms with Gasteiger partial charge in [-0.15, -0.1) is 0 Å². The molecule has 1 heterocycles. The number of aromatic nitrogens is 2. The summed E-state index contributed by atoms with van der Waals surface area (Å²) >= 11 is 0. The number of carbonyl (C=O) groups excluding carboxylic acids is 2. The monoisotopic (exact) mass is 568 g/mol.